The van der Waals surface area contributed by atoms with E-state index >= 15 is 0 Å². The molecule has 6 heteroatoms. The molecular weight excluding hydrogens is 336 g/mol. The van der Waals surface area contributed by atoms with Crippen LogP contribution in [0.5, 0.6) is 0 Å². The van der Waals surface area contributed by atoms with Gasteiger partial charge in [-0.25, -0.2) is 0 Å². The Kier molecular flexibility index (Phi) is 5.30. The first-order chi connectivity index (χ1) is 12.1. The molecule has 0 aliphatic carbocycles. The summed E-state index contributed by atoms with van der Waals surface area (Å²) in [6.45, 7) is 0.306. The van der Waals surface area contributed by atoms with Crippen molar-refractivity contribution < 1.29 is 14.0 Å². The van der Waals surface area contributed by atoms with Crippen molar-refractivity contribution in [1.29, 1.82) is 0 Å². The van der Waals surface area contributed by atoms with Crippen LogP contribution in [0.3, 0.4) is 0 Å². The number of para-hydroxylation sites is 1. The Hall–Kier alpha value is -2.86. The van der Waals surface area contributed by atoms with Crippen LogP contribution >= 0.6 is 11.3 Å². The highest BCUT2D eigenvalue weighted by molar-refractivity contribution is 7.08. The van der Waals surface area contributed by atoms with E-state index in [0.29, 0.717) is 17.9 Å². The topological polar surface area (TPSA) is 53.8 Å². The summed E-state index contributed by atoms with van der Waals surface area (Å²) >= 11 is 1.45. The van der Waals surface area contributed by atoms with E-state index in [4.69, 9.17) is 4.42 Å². The lowest BCUT2D eigenvalue weighted by Gasteiger charge is -2.25. The minimum atomic E-state index is -0.173. The number of carbonyl (C=O) groups excluding carboxylic acids is 2. The zero-order valence-electron chi connectivity index (χ0n) is 13.8. The van der Waals surface area contributed by atoms with Crippen LogP contribution < -0.4 is 4.90 Å². The Morgan fingerprint density at radius 3 is 2.52 bits per heavy atom. The van der Waals surface area contributed by atoms with Gasteiger partial charge >= 0.3 is 0 Å². The molecule has 5 nitrogen and oxygen atoms in total. The summed E-state index contributed by atoms with van der Waals surface area (Å²) in [7, 11) is 1.63. The second kappa shape index (κ2) is 7.81. The first kappa shape index (κ1) is 17.0. The Balaban J connectivity index is 1.76. The lowest BCUT2D eigenvalue weighted by Crippen LogP contribution is -2.40. The van der Waals surface area contributed by atoms with Gasteiger partial charge < -0.3 is 14.2 Å². The number of thiophene rings is 1. The normalized spacial score (nSPS) is 10.4. The summed E-state index contributed by atoms with van der Waals surface area (Å²) in [5, 5.41) is 3.62. The van der Waals surface area contributed by atoms with Crippen LogP contribution in [0.1, 0.15) is 16.1 Å². The van der Waals surface area contributed by atoms with E-state index in [0.717, 1.165) is 5.69 Å². The third-order valence-corrected chi connectivity index (χ3v) is 4.43. The van der Waals surface area contributed by atoms with Crippen molar-refractivity contribution in [3.63, 3.8) is 0 Å². The van der Waals surface area contributed by atoms with E-state index in [9.17, 15) is 9.59 Å². The van der Waals surface area contributed by atoms with Gasteiger partial charge in [-0.05, 0) is 35.7 Å². The van der Waals surface area contributed by atoms with Gasteiger partial charge in [-0.3, -0.25) is 9.59 Å². The maximum atomic E-state index is 12.8. The standard InChI is InChI=1S/C19H18N2O3S/c1-20(19(23)15-9-11-25-14-15)13-18(22)21(12-17-8-5-10-24-17)16-6-3-2-4-7-16/h2-11,14H,12-13H2,1H3. The van der Waals surface area contributed by atoms with Crippen LogP contribution in [-0.2, 0) is 11.3 Å². The number of carbonyl (C=O) groups is 2. The summed E-state index contributed by atoms with van der Waals surface area (Å²) in [4.78, 5) is 28.3. The first-order valence-electron chi connectivity index (χ1n) is 7.80. The Labute approximate surface area is 150 Å². The summed E-state index contributed by atoms with van der Waals surface area (Å²) in [6, 6.07) is 14.7. The number of anilines is 1. The highest BCUT2D eigenvalue weighted by Gasteiger charge is 2.21. The lowest BCUT2D eigenvalue weighted by molar-refractivity contribution is -0.119. The molecule has 0 saturated heterocycles. The Morgan fingerprint density at radius 1 is 1.08 bits per heavy atom. The minimum absolute atomic E-state index is 0.00964. The van der Waals surface area contributed by atoms with Crippen molar-refractivity contribution >= 4 is 28.8 Å². The van der Waals surface area contributed by atoms with Crippen molar-refractivity contribution in [2.45, 2.75) is 6.54 Å². The van der Waals surface area contributed by atoms with Crippen molar-refractivity contribution in [2.75, 3.05) is 18.5 Å². The number of hydrogen-bond acceptors (Lipinski definition) is 4. The second-order valence-electron chi connectivity index (χ2n) is 5.57. The average molecular weight is 354 g/mol. The van der Waals surface area contributed by atoms with Crippen LogP contribution in [0.2, 0.25) is 0 Å². The molecule has 2 heterocycles. The molecule has 0 bridgehead atoms. The molecular formula is C19H18N2O3S. The zero-order valence-corrected chi connectivity index (χ0v) is 14.6. The monoisotopic (exact) mass is 354 g/mol. The zero-order chi connectivity index (χ0) is 17.6. The van der Waals surface area contributed by atoms with Crippen molar-refractivity contribution in [2.24, 2.45) is 0 Å². The molecule has 2 amide bonds. The number of likely N-dealkylation sites (N-methyl/N-ethyl adjacent to an activating group) is 1. The molecule has 2 aromatic heterocycles. The Morgan fingerprint density at radius 2 is 1.88 bits per heavy atom. The number of benzene rings is 1. The quantitative estimate of drug-likeness (QED) is 0.679. The van der Waals surface area contributed by atoms with E-state index in [1.165, 1.54) is 16.2 Å². The molecule has 0 N–H and O–H groups in total. The molecule has 0 atom stereocenters. The predicted octanol–water partition coefficient (Wildman–Crippen LogP) is 3.65. The number of hydrogen-bond donors (Lipinski definition) is 0. The number of nitrogens with zero attached hydrogens (tertiary/aromatic N) is 2. The average Bonchev–Trinajstić information content (AvgIpc) is 3.33. The van der Waals surface area contributed by atoms with Crippen LogP contribution in [0, 0.1) is 0 Å². The van der Waals surface area contributed by atoms with Crippen LogP contribution in [-0.4, -0.2) is 30.3 Å². The second-order valence-corrected chi connectivity index (χ2v) is 6.35. The fourth-order valence-electron chi connectivity index (χ4n) is 2.46. The molecule has 0 radical (unpaired) electrons. The smallest absolute Gasteiger partial charge is 0.254 e. The molecule has 0 aliphatic heterocycles. The van der Waals surface area contributed by atoms with E-state index < -0.39 is 0 Å². The van der Waals surface area contributed by atoms with Crippen LogP contribution in [0.15, 0.2) is 70.0 Å². The molecule has 0 fully saturated rings. The van der Waals surface area contributed by atoms with Gasteiger partial charge in [0.25, 0.3) is 5.91 Å². The SMILES string of the molecule is CN(CC(=O)N(Cc1ccco1)c1ccccc1)C(=O)c1ccsc1. The summed E-state index contributed by atoms with van der Waals surface area (Å²) in [5.41, 5.74) is 1.36. The number of rotatable bonds is 6. The van der Waals surface area contributed by atoms with E-state index in [1.807, 2.05) is 41.8 Å². The van der Waals surface area contributed by atoms with Gasteiger partial charge in [-0.2, -0.15) is 11.3 Å². The maximum absolute atomic E-state index is 12.8. The predicted molar refractivity (Wildman–Crippen MR) is 97.6 cm³/mol. The summed E-state index contributed by atoms with van der Waals surface area (Å²) < 4.78 is 5.37. The molecule has 0 saturated carbocycles. The summed E-state index contributed by atoms with van der Waals surface area (Å²) in [5.74, 6) is 0.346. The van der Waals surface area contributed by atoms with Gasteiger partial charge in [0, 0.05) is 18.1 Å². The summed E-state index contributed by atoms with van der Waals surface area (Å²) in [6.07, 6.45) is 1.58. The van der Waals surface area contributed by atoms with Gasteiger partial charge in [-0.1, -0.05) is 18.2 Å². The highest BCUT2D eigenvalue weighted by atomic mass is 32.1. The molecule has 128 valence electrons. The third kappa shape index (κ3) is 4.16. The molecule has 0 spiro atoms. The maximum Gasteiger partial charge on any atom is 0.254 e. The highest BCUT2D eigenvalue weighted by Crippen LogP contribution is 2.18. The van der Waals surface area contributed by atoms with Gasteiger partial charge in [0.15, 0.2) is 0 Å². The minimum Gasteiger partial charge on any atom is -0.467 e. The van der Waals surface area contributed by atoms with Crippen LogP contribution in [0.4, 0.5) is 5.69 Å². The molecule has 0 unspecified atom stereocenters. The number of amides is 2. The molecule has 1 aromatic carbocycles. The molecule has 3 rings (SSSR count). The first-order valence-corrected chi connectivity index (χ1v) is 8.75. The van der Waals surface area contributed by atoms with Crippen molar-refractivity contribution in [3.8, 4) is 0 Å². The Bertz CT molecular complexity index is 814. The van der Waals surface area contributed by atoms with Gasteiger partial charge in [0.05, 0.1) is 18.4 Å². The van der Waals surface area contributed by atoms with Crippen molar-refractivity contribution in [3.05, 3.63) is 76.9 Å². The van der Waals surface area contributed by atoms with E-state index in [-0.39, 0.29) is 18.4 Å². The largest absolute Gasteiger partial charge is 0.467 e. The van der Waals surface area contributed by atoms with Gasteiger partial charge in [0.1, 0.15) is 12.3 Å². The molecule has 25 heavy (non-hydrogen) atoms. The van der Waals surface area contributed by atoms with E-state index in [2.05, 4.69) is 0 Å². The van der Waals surface area contributed by atoms with Gasteiger partial charge in [-0.15, -0.1) is 0 Å². The van der Waals surface area contributed by atoms with Crippen LogP contribution in [0.25, 0.3) is 0 Å². The molecule has 3 aromatic rings. The van der Waals surface area contributed by atoms with Crippen molar-refractivity contribution in [1.82, 2.24) is 4.90 Å². The fraction of sp³-hybridized carbons (Fsp3) is 0.158. The molecule has 0 aliphatic rings. The fourth-order valence-corrected chi connectivity index (χ4v) is 3.09. The third-order valence-electron chi connectivity index (χ3n) is 3.75. The number of furan rings is 1. The van der Waals surface area contributed by atoms with E-state index in [1.54, 1.807) is 35.7 Å². The van der Waals surface area contributed by atoms with Gasteiger partial charge in [0.2, 0.25) is 5.91 Å². The lowest BCUT2D eigenvalue weighted by atomic mass is 10.2.